The Hall–Kier alpha value is -0.340. The molecule has 2 nitrogen and oxygen atoms in total. The molecule has 0 saturated carbocycles. The zero-order valence-corrected chi connectivity index (χ0v) is 19.5. The molecule has 2 heteroatoms. The van der Waals surface area contributed by atoms with Gasteiger partial charge in [-0.25, -0.2) is 0 Å². The number of hydrogen-bond acceptors (Lipinski definition) is 2. The highest BCUT2D eigenvalue weighted by molar-refractivity contribution is 4.90. The van der Waals surface area contributed by atoms with E-state index in [1.165, 1.54) is 32.1 Å². The maximum Gasteiger partial charge on any atom is 0.0600 e. The van der Waals surface area contributed by atoms with Gasteiger partial charge in [-0.05, 0) is 63.2 Å². The van der Waals surface area contributed by atoms with E-state index in [-0.39, 0.29) is 12.0 Å². The fraction of sp³-hybridized carbons (Fsp3) is 0.920. The van der Waals surface area contributed by atoms with Crippen molar-refractivity contribution in [1.82, 2.24) is 0 Å². The van der Waals surface area contributed by atoms with Crippen molar-refractivity contribution in [1.29, 1.82) is 0 Å². The summed E-state index contributed by atoms with van der Waals surface area (Å²) in [6.07, 6.45) is 15.7. The molecule has 0 spiro atoms. The molecule has 5 atom stereocenters. The second-order valence-electron chi connectivity index (χ2n) is 10.0. The van der Waals surface area contributed by atoms with Crippen LogP contribution in [0.5, 0.6) is 0 Å². The van der Waals surface area contributed by atoms with Crippen molar-refractivity contribution in [3.8, 4) is 0 Å². The molecule has 0 aromatic rings. The summed E-state index contributed by atoms with van der Waals surface area (Å²) in [5.41, 5.74) is -0.518. The maximum absolute atomic E-state index is 10.4. The van der Waals surface area contributed by atoms with Crippen molar-refractivity contribution >= 4 is 0 Å². The van der Waals surface area contributed by atoms with Crippen LogP contribution in [0.25, 0.3) is 0 Å². The normalized spacial score (nSPS) is 18.4. The molecule has 0 aliphatic rings. The van der Waals surface area contributed by atoms with E-state index in [0.717, 1.165) is 43.9 Å². The van der Waals surface area contributed by atoms with Crippen molar-refractivity contribution in [2.45, 2.75) is 124 Å². The van der Waals surface area contributed by atoms with E-state index in [2.05, 4.69) is 46.8 Å². The van der Waals surface area contributed by atoms with Gasteiger partial charge in [0.25, 0.3) is 0 Å². The van der Waals surface area contributed by atoms with Gasteiger partial charge in [-0.1, -0.05) is 85.3 Å². The number of aliphatic hydroxyl groups excluding tert-OH is 1. The van der Waals surface area contributed by atoms with Crippen molar-refractivity contribution in [2.24, 2.45) is 23.7 Å². The Balaban J connectivity index is 3.84. The third kappa shape index (κ3) is 16.3. The molecular weight excluding hydrogens is 332 g/mol. The topological polar surface area (TPSA) is 40.5 Å². The highest BCUT2D eigenvalue weighted by Crippen LogP contribution is 2.23. The molecule has 0 heterocycles. The van der Waals surface area contributed by atoms with E-state index in [9.17, 15) is 10.2 Å². The molecule has 0 amide bonds. The second-order valence-corrected chi connectivity index (χ2v) is 10.0. The van der Waals surface area contributed by atoms with Crippen molar-refractivity contribution in [2.75, 3.05) is 0 Å². The average Bonchev–Trinajstić information content (AvgIpc) is 2.58. The molecule has 0 aromatic heterocycles. The molecule has 162 valence electrons. The highest BCUT2D eigenvalue weighted by atomic mass is 16.3. The SMILES string of the molecule is CC[C@H](C)C/C=C/[C@H](C)[C@H](O)CC[C@H](C)CCC[C@H](C)CCCC(C)(C)O. The molecular formula is C25H50O2. The fourth-order valence-corrected chi connectivity index (χ4v) is 3.53. The van der Waals surface area contributed by atoms with Crippen LogP contribution in [-0.2, 0) is 0 Å². The van der Waals surface area contributed by atoms with E-state index in [1.54, 1.807) is 0 Å². The Kier molecular flexibility index (Phi) is 14.4. The van der Waals surface area contributed by atoms with Crippen LogP contribution in [0, 0.1) is 23.7 Å². The number of aliphatic hydroxyl groups is 2. The Labute approximate surface area is 170 Å². The first-order chi connectivity index (χ1) is 12.5. The van der Waals surface area contributed by atoms with E-state index >= 15 is 0 Å². The Morgan fingerprint density at radius 2 is 1.37 bits per heavy atom. The summed E-state index contributed by atoms with van der Waals surface area (Å²) in [6, 6.07) is 0. The molecule has 0 saturated heterocycles. The van der Waals surface area contributed by atoms with Gasteiger partial charge in [-0.15, -0.1) is 0 Å². The molecule has 0 aliphatic carbocycles. The van der Waals surface area contributed by atoms with Crippen molar-refractivity contribution in [3.05, 3.63) is 12.2 Å². The van der Waals surface area contributed by atoms with Gasteiger partial charge < -0.3 is 10.2 Å². The van der Waals surface area contributed by atoms with Gasteiger partial charge in [0.1, 0.15) is 0 Å². The predicted molar refractivity (Wildman–Crippen MR) is 120 cm³/mol. The zero-order valence-electron chi connectivity index (χ0n) is 19.5. The monoisotopic (exact) mass is 382 g/mol. The summed E-state index contributed by atoms with van der Waals surface area (Å²) in [6.45, 7) is 15.1. The molecule has 2 N–H and O–H groups in total. The zero-order chi connectivity index (χ0) is 20.9. The third-order valence-corrected chi connectivity index (χ3v) is 6.12. The first kappa shape index (κ1) is 26.7. The van der Waals surface area contributed by atoms with Crippen LogP contribution in [0.2, 0.25) is 0 Å². The fourth-order valence-electron chi connectivity index (χ4n) is 3.53. The Bertz CT molecular complexity index is 369. The smallest absolute Gasteiger partial charge is 0.0600 e. The highest BCUT2D eigenvalue weighted by Gasteiger charge is 2.15. The summed E-state index contributed by atoms with van der Waals surface area (Å²) in [5, 5.41) is 20.2. The minimum atomic E-state index is -0.518. The number of allylic oxidation sites excluding steroid dienone is 1. The number of hydrogen-bond donors (Lipinski definition) is 2. The lowest BCUT2D eigenvalue weighted by atomic mass is 9.90. The molecule has 0 fully saturated rings. The van der Waals surface area contributed by atoms with Gasteiger partial charge in [0.05, 0.1) is 11.7 Å². The lowest BCUT2D eigenvalue weighted by Gasteiger charge is -2.20. The van der Waals surface area contributed by atoms with Gasteiger partial charge in [0, 0.05) is 0 Å². The summed E-state index contributed by atoms with van der Waals surface area (Å²) in [7, 11) is 0. The van der Waals surface area contributed by atoms with Crippen LogP contribution in [0.3, 0.4) is 0 Å². The second kappa shape index (κ2) is 14.6. The largest absolute Gasteiger partial charge is 0.393 e. The minimum Gasteiger partial charge on any atom is -0.393 e. The van der Waals surface area contributed by atoms with E-state index in [1.807, 2.05) is 13.8 Å². The summed E-state index contributed by atoms with van der Waals surface area (Å²) >= 11 is 0. The Morgan fingerprint density at radius 1 is 0.815 bits per heavy atom. The first-order valence-electron chi connectivity index (χ1n) is 11.6. The lowest BCUT2D eigenvalue weighted by molar-refractivity contribution is 0.0668. The Morgan fingerprint density at radius 3 is 1.93 bits per heavy atom. The van der Waals surface area contributed by atoms with Crippen LogP contribution < -0.4 is 0 Å². The average molecular weight is 383 g/mol. The quantitative estimate of drug-likeness (QED) is 0.278. The van der Waals surface area contributed by atoms with Gasteiger partial charge in [0.2, 0.25) is 0 Å². The van der Waals surface area contributed by atoms with E-state index < -0.39 is 5.60 Å². The summed E-state index contributed by atoms with van der Waals surface area (Å²) < 4.78 is 0. The van der Waals surface area contributed by atoms with Gasteiger partial charge >= 0.3 is 0 Å². The third-order valence-electron chi connectivity index (χ3n) is 6.12. The van der Waals surface area contributed by atoms with E-state index in [4.69, 9.17) is 0 Å². The molecule has 27 heavy (non-hydrogen) atoms. The van der Waals surface area contributed by atoms with Crippen LogP contribution in [0.1, 0.15) is 113 Å². The van der Waals surface area contributed by atoms with Crippen LogP contribution in [-0.4, -0.2) is 21.9 Å². The molecule has 0 rings (SSSR count). The molecule has 0 bridgehead atoms. The maximum atomic E-state index is 10.4. The summed E-state index contributed by atoms with van der Waals surface area (Å²) in [5.74, 6) is 2.44. The van der Waals surface area contributed by atoms with E-state index in [0.29, 0.717) is 5.92 Å². The lowest BCUT2D eigenvalue weighted by Crippen LogP contribution is -2.18. The van der Waals surface area contributed by atoms with Crippen molar-refractivity contribution in [3.63, 3.8) is 0 Å². The standard InChI is InChI=1S/C25H50O2/c1-8-20(2)12-10-16-23(5)24(26)18-17-22(4)14-9-13-21(3)15-11-19-25(6,7)27/h10,16,20-24,26-27H,8-9,11-15,17-19H2,1-7H3/b16-10+/t20-,21-,22+,23-,24+/m0/s1. The van der Waals surface area contributed by atoms with Gasteiger partial charge in [-0.2, -0.15) is 0 Å². The van der Waals surface area contributed by atoms with Crippen LogP contribution in [0.15, 0.2) is 12.2 Å². The molecule has 0 unspecified atom stereocenters. The minimum absolute atomic E-state index is 0.207. The van der Waals surface area contributed by atoms with Crippen LogP contribution >= 0.6 is 0 Å². The predicted octanol–water partition coefficient (Wildman–Crippen LogP) is 7.14. The molecule has 0 radical (unpaired) electrons. The van der Waals surface area contributed by atoms with Gasteiger partial charge in [0.15, 0.2) is 0 Å². The molecule has 0 aromatic carbocycles. The summed E-state index contributed by atoms with van der Waals surface area (Å²) in [4.78, 5) is 0. The first-order valence-corrected chi connectivity index (χ1v) is 11.6. The van der Waals surface area contributed by atoms with Crippen LogP contribution in [0.4, 0.5) is 0 Å². The van der Waals surface area contributed by atoms with Crippen molar-refractivity contribution < 1.29 is 10.2 Å². The van der Waals surface area contributed by atoms with Gasteiger partial charge in [-0.3, -0.25) is 0 Å². The molecule has 0 aliphatic heterocycles. The number of rotatable bonds is 16.